The van der Waals surface area contributed by atoms with Crippen LogP contribution in [0.2, 0.25) is 0 Å². The highest BCUT2D eigenvalue weighted by molar-refractivity contribution is 7.07. The van der Waals surface area contributed by atoms with Crippen molar-refractivity contribution in [1.82, 2.24) is 25.0 Å². The van der Waals surface area contributed by atoms with Crippen molar-refractivity contribution in [3.8, 4) is 0 Å². The summed E-state index contributed by atoms with van der Waals surface area (Å²) in [5.41, 5.74) is 1.13. The smallest absolute Gasteiger partial charge is 0.293 e. The molecule has 1 N–H and O–H groups in total. The number of nitrogens with one attached hydrogen (secondary N) is 1. The number of thiophene rings is 1. The number of hydrogen-bond acceptors (Lipinski definition) is 5. The molecular formula is C14H19N5OS. The van der Waals surface area contributed by atoms with Gasteiger partial charge in [0.15, 0.2) is 0 Å². The zero-order valence-corrected chi connectivity index (χ0v) is 12.8. The van der Waals surface area contributed by atoms with E-state index in [1.54, 1.807) is 29.6 Å². The third-order valence-electron chi connectivity index (χ3n) is 3.69. The summed E-state index contributed by atoms with van der Waals surface area (Å²) < 4.78 is 1.82. The predicted octanol–water partition coefficient (Wildman–Crippen LogP) is 1.54. The molecule has 0 bridgehead atoms. The van der Waals surface area contributed by atoms with E-state index in [4.69, 9.17) is 0 Å². The number of nitrogens with zero attached hydrogens (tertiary/aromatic N) is 4. The fourth-order valence-electron chi connectivity index (χ4n) is 2.51. The minimum Gasteiger partial charge on any atom is -0.335 e. The molecule has 1 fully saturated rings. The van der Waals surface area contributed by atoms with Gasteiger partial charge < -0.3 is 10.2 Å². The minimum atomic E-state index is -0.135. The summed E-state index contributed by atoms with van der Waals surface area (Å²) in [7, 11) is 1.78. The van der Waals surface area contributed by atoms with E-state index in [2.05, 4.69) is 15.4 Å². The zero-order valence-electron chi connectivity index (χ0n) is 12.0. The first-order valence-electron chi connectivity index (χ1n) is 7.12. The average Bonchev–Trinajstić information content (AvgIpc) is 3.18. The summed E-state index contributed by atoms with van der Waals surface area (Å²) in [6, 6.07) is 2.32. The Morgan fingerprint density at radius 1 is 1.62 bits per heavy atom. The summed E-state index contributed by atoms with van der Waals surface area (Å²) in [5, 5.41) is 11.8. The van der Waals surface area contributed by atoms with Gasteiger partial charge in [-0.3, -0.25) is 4.79 Å². The first-order valence-corrected chi connectivity index (χ1v) is 8.07. The first-order chi connectivity index (χ1) is 10.2. The molecular weight excluding hydrogens is 286 g/mol. The number of amides is 1. The normalized spacial score (nSPS) is 18.6. The van der Waals surface area contributed by atoms with Crippen molar-refractivity contribution in [3.05, 3.63) is 34.5 Å². The molecule has 1 aliphatic heterocycles. The van der Waals surface area contributed by atoms with Gasteiger partial charge in [0.2, 0.25) is 5.82 Å². The van der Waals surface area contributed by atoms with Gasteiger partial charge in [0.1, 0.15) is 6.33 Å². The standard InChI is InChI=1S/C14H19N5OS/c1-18(8-11-4-6-21-9-11)14(20)13-16-10-19(17-13)12-3-2-5-15-7-12/h4,6,9-10,12,15H,2-3,5,7-8H2,1H3/t12-/m0/s1. The lowest BCUT2D eigenvalue weighted by Crippen LogP contribution is -2.32. The Bertz CT molecular complexity index is 588. The average molecular weight is 305 g/mol. The van der Waals surface area contributed by atoms with Gasteiger partial charge in [-0.15, -0.1) is 5.10 Å². The number of carbonyl (C=O) groups is 1. The fourth-order valence-corrected chi connectivity index (χ4v) is 3.17. The second-order valence-corrected chi connectivity index (χ2v) is 6.12. The molecule has 0 aliphatic carbocycles. The molecule has 2 aromatic rings. The van der Waals surface area contributed by atoms with E-state index in [-0.39, 0.29) is 11.7 Å². The highest BCUT2D eigenvalue weighted by Gasteiger charge is 2.20. The van der Waals surface area contributed by atoms with Gasteiger partial charge in [-0.05, 0) is 41.8 Å². The zero-order chi connectivity index (χ0) is 14.7. The maximum Gasteiger partial charge on any atom is 0.293 e. The quantitative estimate of drug-likeness (QED) is 0.930. The minimum absolute atomic E-state index is 0.135. The van der Waals surface area contributed by atoms with E-state index in [9.17, 15) is 4.79 Å². The summed E-state index contributed by atoms with van der Waals surface area (Å²) >= 11 is 1.63. The maximum atomic E-state index is 12.3. The van der Waals surface area contributed by atoms with Crippen LogP contribution in [0.25, 0.3) is 0 Å². The monoisotopic (exact) mass is 305 g/mol. The predicted molar refractivity (Wildman–Crippen MR) is 81.3 cm³/mol. The number of hydrogen-bond donors (Lipinski definition) is 1. The molecule has 21 heavy (non-hydrogen) atoms. The molecule has 112 valence electrons. The van der Waals surface area contributed by atoms with Crippen LogP contribution in [0.3, 0.4) is 0 Å². The van der Waals surface area contributed by atoms with Gasteiger partial charge in [-0.25, -0.2) is 9.67 Å². The topological polar surface area (TPSA) is 63.1 Å². The number of carbonyl (C=O) groups excluding carboxylic acids is 1. The van der Waals surface area contributed by atoms with E-state index in [1.165, 1.54) is 0 Å². The number of piperidine rings is 1. The van der Waals surface area contributed by atoms with Crippen LogP contribution in [-0.4, -0.2) is 45.7 Å². The second kappa shape index (κ2) is 6.36. The molecule has 1 amide bonds. The van der Waals surface area contributed by atoms with Crippen LogP contribution in [0.4, 0.5) is 0 Å². The maximum absolute atomic E-state index is 12.3. The lowest BCUT2D eigenvalue weighted by atomic mass is 10.1. The molecule has 3 rings (SSSR count). The van der Waals surface area contributed by atoms with E-state index in [0.717, 1.165) is 31.5 Å². The molecule has 1 atom stereocenters. The van der Waals surface area contributed by atoms with Crippen LogP contribution < -0.4 is 5.32 Å². The number of aromatic nitrogens is 3. The van der Waals surface area contributed by atoms with E-state index < -0.39 is 0 Å². The number of rotatable bonds is 4. The Morgan fingerprint density at radius 3 is 3.24 bits per heavy atom. The van der Waals surface area contributed by atoms with Gasteiger partial charge in [0.05, 0.1) is 6.04 Å². The molecule has 3 heterocycles. The van der Waals surface area contributed by atoms with Crippen LogP contribution in [-0.2, 0) is 6.54 Å². The van der Waals surface area contributed by atoms with Gasteiger partial charge >= 0.3 is 0 Å². The Labute approximate surface area is 127 Å². The Balaban J connectivity index is 1.65. The van der Waals surface area contributed by atoms with E-state index >= 15 is 0 Å². The summed E-state index contributed by atoms with van der Waals surface area (Å²) in [6.07, 6.45) is 3.88. The van der Waals surface area contributed by atoms with Gasteiger partial charge in [0, 0.05) is 20.1 Å². The van der Waals surface area contributed by atoms with Crippen molar-refractivity contribution in [2.75, 3.05) is 20.1 Å². The molecule has 0 spiro atoms. The highest BCUT2D eigenvalue weighted by atomic mass is 32.1. The van der Waals surface area contributed by atoms with E-state index in [0.29, 0.717) is 12.6 Å². The Hall–Kier alpha value is -1.73. The molecule has 1 aliphatic rings. The summed E-state index contributed by atoms with van der Waals surface area (Å²) in [4.78, 5) is 18.2. The van der Waals surface area contributed by atoms with E-state index in [1.807, 2.05) is 21.5 Å². The van der Waals surface area contributed by atoms with Crippen LogP contribution >= 0.6 is 11.3 Å². The molecule has 6 nitrogen and oxygen atoms in total. The Kier molecular flexibility index (Phi) is 4.31. The molecule has 0 aromatic carbocycles. The lowest BCUT2D eigenvalue weighted by molar-refractivity contribution is 0.0772. The van der Waals surface area contributed by atoms with Crippen molar-refractivity contribution in [2.24, 2.45) is 0 Å². The molecule has 0 unspecified atom stereocenters. The van der Waals surface area contributed by atoms with Crippen LogP contribution in [0.15, 0.2) is 23.2 Å². The summed E-state index contributed by atoms with van der Waals surface area (Å²) in [6.45, 7) is 2.53. The van der Waals surface area contributed by atoms with Crippen molar-refractivity contribution < 1.29 is 4.79 Å². The van der Waals surface area contributed by atoms with Crippen molar-refractivity contribution in [3.63, 3.8) is 0 Å². The highest BCUT2D eigenvalue weighted by Crippen LogP contribution is 2.15. The summed E-state index contributed by atoms with van der Waals surface area (Å²) in [5.74, 6) is 0.141. The molecule has 1 saturated heterocycles. The molecule has 7 heteroatoms. The van der Waals surface area contributed by atoms with Gasteiger partial charge in [0.25, 0.3) is 5.91 Å². The third kappa shape index (κ3) is 3.30. The second-order valence-electron chi connectivity index (χ2n) is 5.34. The Morgan fingerprint density at radius 2 is 2.52 bits per heavy atom. The van der Waals surface area contributed by atoms with Gasteiger partial charge in [-0.1, -0.05) is 0 Å². The molecule has 0 radical (unpaired) electrons. The first kappa shape index (κ1) is 14.2. The SMILES string of the molecule is CN(Cc1ccsc1)C(=O)c1ncn([C@H]2CCCNC2)n1. The molecule has 2 aromatic heterocycles. The van der Waals surface area contributed by atoms with Crippen molar-refractivity contribution in [2.45, 2.75) is 25.4 Å². The molecule has 0 saturated carbocycles. The van der Waals surface area contributed by atoms with Crippen molar-refractivity contribution in [1.29, 1.82) is 0 Å². The van der Waals surface area contributed by atoms with Gasteiger partial charge in [-0.2, -0.15) is 11.3 Å². The van der Waals surface area contributed by atoms with Crippen molar-refractivity contribution >= 4 is 17.2 Å². The van der Waals surface area contributed by atoms with Crippen LogP contribution in [0, 0.1) is 0 Å². The van der Waals surface area contributed by atoms with Crippen LogP contribution in [0.5, 0.6) is 0 Å². The fraction of sp³-hybridized carbons (Fsp3) is 0.500. The third-order valence-corrected chi connectivity index (χ3v) is 4.42. The lowest BCUT2D eigenvalue weighted by Gasteiger charge is -2.22. The largest absolute Gasteiger partial charge is 0.335 e. The van der Waals surface area contributed by atoms with Crippen LogP contribution in [0.1, 0.15) is 35.1 Å².